The SMILES string of the molecule is CC1(C)C=Cc2c(ccc3c4c([nH]c23)C(C)(C)[C@@H]2C[C@]35CCCN3C(=O)C2(C4)NC5=O)O1. The fraction of sp³-hybridized carbons (Fsp3) is 0.538. The number of H-pyrrole nitrogens is 1. The van der Waals surface area contributed by atoms with Crippen LogP contribution < -0.4 is 10.1 Å². The summed E-state index contributed by atoms with van der Waals surface area (Å²) in [5.41, 5.74) is 2.38. The van der Waals surface area contributed by atoms with Gasteiger partial charge in [-0.1, -0.05) is 13.8 Å². The number of piperidine rings is 2. The monoisotopic (exact) mass is 431 g/mol. The van der Waals surface area contributed by atoms with E-state index in [0.29, 0.717) is 13.0 Å². The second-order valence-electron chi connectivity index (χ2n) is 11.6. The van der Waals surface area contributed by atoms with Gasteiger partial charge in [-0.3, -0.25) is 9.59 Å². The van der Waals surface area contributed by atoms with E-state index in [4.69, 9.17) is 4.74 Å². The van der Waals surface area contributed by atoms with E-state index < -0.39 is 11.1 Å². The minimum atomic E-state index is -0.848. The fourth-order valence-electron chi connectivity index (χ4n) is 7.56. The van der Waals surface area contributed by atoms with E-state index in [0.717, 1.165) is 47.0 Å². The number of hydrogen-bond donors (Lipinski definition) is 2. The molecule has 5 aliphatic heterocycles. The van der Waals surface area contributed by atoms with Crippen LogP contribution in [0.1, 0.15) is 63.8 Å². The van der Waals surface area contributed by atoms with Gasteiger partial charge in [0.25, 0.3) is 0 Å². The first-order valence-corrected chi connectivity index (χ1v) is 11.8. The molecule has 3 atom stereocenters. The Labute approximate surface area is 187 Å². The van der Waals surface area contributed by atoms with Crippen LogP contribution in [0, 0.1) is 5.92 Å². The van der Waals surface area contributed by atoms with Gasteiger partial charge >= 0.3 is 0 Å². The van der Waals surface area contributed by atoms with Gasteiger partial charge in [-0.15, -0.1) is 0 Å². The molecule has 1 aromatic carbocycles. The molecule has 2 aromatic rings. The first-order chi connectivity index (χ1) is 15.1. The van der Waals surface area contributed by atoms with E-state index in [9.17, 15) is 9.59 Å². The summed E-state index contributed by atoms with van der Waals surface area (Å²) < 4.78 is 6.21. The third-order valence-corrected chi connectivity index (χ3v) is 9.09. The van der Waals surface area contributed by atoms with E-state index >= 15 is 0 Å². The van der Waals surface area contributed by atoms with Crippen molar-refractivity contribution < 1.29 is 14.3 Å². The first kappa shape index (κ1) is 18.8. The Kier molecular flexibility index (Phi) is 3.07. The number of aromatic nitrogens is 1. The van der Waals surface area contributed by atoms with Crippen LogP contribution in [0.4, 0.5) is 0 Å². The molecule has 1 aliphatic carbocycles. The van der Waals surface area contributed by atoms with Crippen LogP contribution >= 0.6 is 0 Å². The Bertz CT molecular complexity index is 1280. The van der Waals surface area contributed by atoms with Crippen molar-refractivity contribution in [1.82, 2.24) is 15.2 Å². The molecule has 6 nitrogen and oxygen atoms in total. The highest BCUT2D eigenvalue weighted by atomic mass is 16.5. The maximum atomic E-state index is 13.9. The molecule has 166 valence electrons. The Morgan fingerprint density at radius 1 is 1.16 bits per heavy atom. The number of aromatic amines is 1. The van der Waals surface area contributed by atoms with Gasteiger partial charge in [-0.25, -0.2) is 0 Å². The number of nitrogens with zero attached hydrogens (tertiary/aromatic N) is 1. The van der Waals surface area contributed by atoms with Crippen molar-refractivity contribution in [3.63, 3.8) is 0 Å². The van der Waals surface area contributed by atoms with Gasteiger partial charge in [0.15, 0.2) is 0 Å². The van der Waals surface area contributed by atoms with Gasteiger partial charge in [0.05, 0.1) is 5.52 Å². The number of ether oxygens (including phenoxy) is 1. The summed E-state index contributed by atoms with van der Waals surface area (Å²) in [6.07, 6.45) is 7.22. The average molecular weight is 432 g/mol. The summed E-state index contributed by atoms with van der Waals surface area (Å²) in [4.78, 5) is 32.9. The van der Waals surface area contributed by atoms with Gasteiger partial charge in [0.1, 0.15) is 22.4 Å². The molecular formula is C26H29N3O3. The van der Waals surface area contributed by atoms with Gasteiger partial charge in [0.2, 0.25) is 11.8 Å². The van der Waals surface area contributed by atoms with Crippen LogP contribution in [-0.2, 0) is 21.4 Å². The second kappa shape index (κ2) is 5.24. The molecule has 0 saturated carbocycles. The molecule has 1 aromatic heterocycles. The summed E-state index contributed by atoms with van der Waals surface area (Å²) in [6, 6.07) is 4.16. The molecule has 2 amide bonds. The summed E-state index contributed by atoms with van der Waals surface area (Å²) in [7, 11) is 0. The summed E-state index contributed by atoms with van der Waals surface area (Å²) in [6.45, 7) is 9.29. The number of benzene rings is 1. The van der Waals surface area contributed by atoms with Crippen LogP contribution in [0.5, 0.6) is 5.75 Å². The van der Waals surface area contributed by atoms with Crippen molar-refractivity contribution in [3.8, 4) is 5.75 Å². The van der Waals surface area contributed by atoms with Crippen molar-refractivity contribution in [2.24, 2.45) is 5.92 Å². The molecule has 8 rings (SSSR count). The Hall–Kier alpha value is -2.76. The van der Waals surface area contributed by atoms with Crippen molar-refractivity contribution >= 4 is 28.8 Å². The standard InChI is InChI=1S/C26H29N3O3/c1-23(2)10-8-15-17(32-23)7-6-14-16-12-26-18(24(3,4)20(16)27-19(14)15)13-25(21(30)28-26)9-5-11-29(25)22(26)31/h6-8,10,18,27H,5,9,11-13H2,1-4H3,(H,28,30)/t18-,25-,26?/m0/s1. The molecule has 2 spiro atoms. The summed E-state index contributed by atoms with van der Waals surface area (Å²) in [5.74, 6) is 1.13. The van der Waals surface area contributed by atoms with E-state index in [1.54, 1.807) is 0 Å². The zero-order valence-corrected chi connectivity index (χ0v) is 19.1. The molecule has 0 radical (unpaired) electrons. The van der Waals surface area contributed by atoms with E-state index in [1.165, 1.54) is 5.69 Å². The highest BCUT2D eigenvalue weighted by Gasteiger charge is 2.72. The van der Waals surface area contributed by atoms with Gasteiger partial charge in [-0.2, -0.15) is 0 Å². The number of piperazine rings is 1. The lowest BCUT2D eigenvalue weighted by Gasteiger charge is -2.64. The topological polar surface area (TPSA) is 74.4 Å². The zero-order valence-electron chi connectivity index (χ0n) is 19.1. The van der Waals surface area contributed by atoms with E-state index in [1.807, 2.05) is 11.0 Å². The lowest BCUT2D eigenvalue weighted by atomic mass is 9.51. The molecule has 4 saturated heterocycles. The van der Waals surface area contributed by atoms with Crippen LogP contribution in [0.2, 0.25) is 0 Å². The van der Waals surface area contributed by atoms with Gasteiger partial charge in [0, 0.05) is 40.9 Å². The van der Waals surface area contributed by atoms with Crippen molar-refractivity contribution in [2.75, 3.05) is 6.54 Å². The fourth-order valence-corrected chi connectivity index (χ4v) is 7.56. The average Bonchev–Trinajstić information content (AvgIpc) is 3.32. The summed E-state index contributed by atoms with van der Waals surface area (Å²) >= 11 is 0. The second-order valence-corrected chi connectivity index (χ2v) is 11.6. The molecule has 6 aliphatic rings. The zero-order chi connectivity index (χ0) is 22.3. The quantitative estimate of drug-likeness (QED) is 0.671. The Morgan fingerprint density at radius 3 is 2.78 bits per heavy atom. The van der Waals surface area contributed by atoms with Crippen LogP contribution in [-0.4, -0.2) is 44.9 Å². The normalized spacial score (nSPS) is 35.1. The molecule has 4 fully saturated rings. The maximum absolute atomic E-state index is 13.9. The van der Waals surface area contributed by atoms with Crippen LogP contribution in [0.15, 0.2) is 18.2 Å². The number of rotatable bonds is 0. The lowest BCUT2D eigenvalue weighted by Crippen LogP contribution is -2.84. The molecule has 6 heteroatoms. The van der Waals surface area contributed by atoms with Crippen molar-refractivity contribution in [3.05, 3.63) is 35.0 Å². The number of nitrogens with one attached hydrogen (secondary N) is 2. The highest BCUT2D eigenvalue weighted by Crippen LogP contribution is 2.59. The third-order valence-electron chi connectivity index (χ3n) is 9.09. The molecule has 2 N–H and O–H groups in total. The largest absolute Gasteiger partial charge is 0.483 e. The summed E-state index contributed by atoms with van der Waals surface area (Å²) in [5, 5.41) is 4.41. The van der Waals surface area contributed by atoms with Crippen LogP contribution in [0.3, 0.4) is 0 Å². The molecule has 6 heterocycles. The number of hydrogen-bond acceptors (Lipinski definition) is 3. The number of carbonyl (C=O) groups is 2. The molecule has 2 bridgehead atoms. The minimum Gasteiger partial charge on any atom is -0.483 e. The predicted molar refractivity (Wildman–Crippen MR) is 121 cm³/mol. The minimum absolute atomic E-state index is 0.0564. The van der Waals surface area contributed by atoms with E-state index in [-0.39, 0.29) is 28.7 Å². The van der Waals surface area contributed by atoms with E-state index in [2.05, 4.69) is 56.2 Å². The third kappa shape index (κ3) is 1.90. The van der Waals surface area contributed by atoms with Crippen molar-refractivity contribution in [1.29, 1.82) is 0 Å². The lowest BCUT2D eigenvalue weighted by molar-refractivity contribution is -0.179. The maximum Gasteiger partial charge on any atom is 0.249 e. The smallest absolute Gasteiger partial charge is 0.249 e. The number of fused-ring (bicyclic) bond motifs is 6. The van der Waals surface area contributed by atoms with Crippen molar-refractivity contribution in [2.45, 2.75) is 75.5 Å². The molecule has 32 heavy (non-hydrogen) atoms. The Balaban J connectivity index is 1.46. The molecule has 1 unspecified atom stereocenters. The van der Waals surface area contributed by atoms with Gasteiger partial charge < -0.3 is 19.9 Å². The Morgan fingerprint density at radius 2 is 1.97 bits per heavy atom. The van der Waals surface area contributed by atoms with Crippen LogP contribution in [0.25, 0.3) is 17.0 Å². The number of amides is 2. The predicted octanol–water partition coefficient (Wildman–Crippen LogP) is 3.44. The molecular weight excluding hydrogens is 402 g/mol. The first-order valence-electron chi connectivity index (χ1n) is 11.8. The number of carbonyl (C=O) groups excluding carboxylic acids is 2. The highest BCUT2D eigenvalue weighted by molar-refractivity contribution is 6.06. The van der Waals surface area contributed by atoms with Gasteiger partial charge in [-0.05, 0) is 63.0 Å².